The Morgan fingerprint density at radius 1 is 0.429 bits per heavy atom. The summed E-state index contributed by atoms with van der Waals surface area (Å²) in [5, 5.41) is 169. The number of phosphoric acid groups is 2. The molecule has 19 N–H and O–H groups in total. The molecule has 0 aromatic heterocycles. The molecule has 23 atom stereocenters. The molecule has 63 heavy (non-hydrogen) atoms. The molecule has 0 aromatic rings. The third-order valence-corrected chi connectivity index (χ3v) is 11.6. The van der Waals surface area contributed by atoms with E-state index in [-0.39, 0.29) is 0 Å². The fourth-order valence-electron chi connectivity index (χ4n) is 5.90. The SMILES string of the molecule is O=P(O)(OC[C@@H](O)[C@@H](O)[C@@H](O)CO[C@@H]1O[C@H](CO)[C@@H](O)[C@H]1O)O[C@H]1[C@@H](O)[C@H](OC[C@H](O)[C@H](O)[C@H](O)COP(=O)(O)O[C@H]2[C@@H](O)[C@H](OC[C@H](O)[C@H](O)[C@H](O)CO)O[C@@H]2CO)O[C@@H]1CO. The minimum atomic E-state index is -5.32. The number of hydrogen-bond donors (Lipinski definition) is 19. The summed E-state index contributed by atoms with van der Waals surface area (Å²) in [5.41, 5.74) is 0. The van der Waals surface area contributed by atoms with Crippen molar-refractivity contribution in [3.63, 3.8) is 0 Å². The largest absolute Gasteiger partial charge is 0.472 e. The van der Waals surface area contributed by atoms with E-state index in [1.165, 1.54) is 0 Å². The van der Waals surface area contributed by atoms with E-state index in [2.05, 4.69) is 9.05 Å². The molecule has 0 saturated carbocycles. The monoisotopic (exact) mass is 976 g/mol. The average Bonchev–Trinajstić information content (AvgIpc) is 3.83. The zero-order valence-electron chi connectivity index (χ0n) is 32.8. The molecular formula is C30H58O31P2. The first-order chi connectivity index (χ1) is 29.4. The van der Waals surface area contributed by atoms with E-state index < -0.39 is 204 Å². The molecule has 0 aliphatic carbocycles. The van der Waals surface area contributed by atoms with Crippen LogP contribution >= 0.6 is 15.6 Å². The van der Waals surface area contributed by atoms with Crippen molar-refractivity contribution >= 4 is 15.6 Å². The van der Waals surface area contributed by atoms with Gasteiger partial charge in [-0.1, -0.05) is 0 Å². The molecule has 3 rings (SSSR count). The molecule has 3 saturated heterocycles. The normalized spacial score (nSPS) is 36.5. The second kappa shape index (κ2) is 25.6. The van der Waals surface area contributed by atoms with Crippen molar-refractivity contribution in [2.24, 2.45) is 0 Å². The Morgan fingerprint density at radius 3 is 1.05 bits per heavy atom. The molecule has 0 bridgehead atoms. The van der Waals surface area contributed by atoms with Crippen molar-refractivity contribution in [3.8, 4) is 0 Å². The Kier molecular flexibility index (Phi) is 23.0. The van der Waals surface area contributed by atoms with E-state index in [0.717, 1.165) is 0 Å². The van der Waals surface area contributed by atoms with E-state index in [1.54, 1.807) is 0 Å². The molecule has 2 unspecified atom stereocenters. The predicted octanol–water partition coefficient (Wildman–Crippen LogP) is -11.1. The number of ether oxygens (including phenoxy) is 6. The van der Waals surface area contributed by atoms with Gasteiger partial charge in [-0.05, 0) is 0 Å². The first-order valence-corrected chi connectivity index (χ1v) is 21.8. The van der Waals surface area contributed by atoms with Gasteiger partial charge in [0.1, 0.15) is 110 Å². The van der Waals surface area contributed by atoms with Crippen LogP contribution in [-0.4, -0.2) is 285 Å². The second-order valence-electron chi connectivity index (χ2n) is 14.4. The summed E-state index contributed by atoms with van der Waals surface area (Å²) < 4.78 is 74.9. The summed E-state index contributed by atoms with van der Waals surface area (Å²) in [6.45, 7) is -8.61. The van der Waals surface area contributed by atoms with E-state index >= 15 is 0 Å². The zero-order chi connectivity index (χ0) is 47.6. The van der Waals surface area contributed by atoms with Crippen molar-refractivity contribution in [2.45, 2.75) is 129 Å². The van der Waals surface area contributed by atoms with Crippen LogP contribution < -0.4 is 0 Å². The molecule has 0 amide bonds. The van der Waals surface area contributed by atoms with E-state index in [4.69, 9.17) is 47.7 Å². The molecule has 3 aliphatic rings. The van der Waals surface area contributed by atoms with Gasteiger partial charge in [-0.3, -0.25) is 18.1 Å². The lowest BCUT2D eigenvalue weighted by molar-refractivity contribution is -0.194. The maximum atomic E-state index is 12.7. The molecular weight excluding hydrogens is 918 g/mol. The van der Waals surface area contributed by atoms with Gasteiger partial charge in [-0.25, -0.2) is 9.13 Å². The molecule has 3 aliphatic heterocycles. The highest BCUT2D eigenvalue weighted by molar-refractivity contribution is 7.47. The Labute approximate surface area is 356 Å². The maximum absolute atomic E-state index is 12.7. The van der Waals surface area contributed by atoms with Gasteiger partial charge < -0.3 is 125 Å². The van der Waals surface area contributed by atoms with Crippen LogP contribution in [0.5, 0.6) is 0 Å². The predicted molar refractivity (Wildman–Crippen MR) is 192 cm³/mol. The maximum Gasteiger partial charge on any atom is 0.472 e. The van der Waals surface area contributed by atoms with Crippen molar-refractivity contribution in [3.05, 3.63) is 0 Å². The molecule has 31 nitrogen and oxygen atoms in total. The lowest BCUT2D eigenvalue weighted by Crippen LogP contribution is -2.44. The van der Waals surface area contributed by atoms with E-state index in [9.17, 15) is 95.5 Å². The molecule has 0 spiro atoms. The molecule has 374 valence electrons. The van der Waals surface area contributed by atoms with E-state index in [1.807, 2.05) is 0 Å². The Bertz CT molecular complexity index is 1420. The van der Waals surface area contributed by atoms with Crippen molar-refractivity contribution in [1.29, 1.82) is 0 Å². The highest BCUT2D eigenvalue weighted by atomic mass is 31.2. The number of aliphatic hydroxyl groups is 17. The van der Waals surface area contributed by atoms with Crippen LogP contribution in [0, 0.1) is 0 Å². The lowest BCUT2D eigenvalue weighted by Gasteiger charge is -2.27. The fourth-order valence-corrected chi connectivity index (χ4v) is 7.84. The van der Waals surface area contributed by atoms with Crippen LogP contribution in [0.15, 0.2) is 0 Å². The lowest BCUT2D eigenvalue weighted by atomic mass is 10.1. The van der Waals surface area contributed by atoms with Gasteiger partial charge in [0.2, 0.25) is 0 Å². The van der Waals surface area contributed by atoms with Gasteiger partial charge in [0.25, 0.3) is 0 Å². The van der Waals surface area contributed by atoms with Gasteiger partial charge in [-0.2, -0.15) is 0 Å². The van der Waals surface area contributed by atoms with Crippen LogP contribution in [0.3, 0.4) is 0 Å². The summed E-state index contributed by atoms with van der Waals surface area (Å²) >= 11 is 0. The Morgan fingerprint density at radius 2 is 0.730 bits per heavy atom. The third kappa shape index (κ3) is 15.9. The quantitative estimate of drug-likeness (QED) is 0.0309. The van der Waals surface area contributed by atoms with Crippen LogP contribution in [0.25, 0.3) is 0 Å². The molecule has 3 heterocycles. The van der Waals surface area contributed by atoms with Gasteiger partial charge >= 0.3 is 15.6 Å². The van der Waals surface area contributed by atoms with Crippen LogP contribution in [0.1, 0.15) is 0 Å². The highest BCUT2D eigenvalue weighted by Crippen LogP contribution is 2.49. The van der Waals surface area contributed by atoms with Gasteiger partial charge in [0.05, 0.1) is 59.5 Å². The second-order valence-corrected chi connectivity index (χ2v) is 17.2. The van der Waals surface area contributed by atoms with Crippen molar-refractivity contribution < 1.29 is 152 Å². The minimum absolute atomic E-state index is 0.680. The highest BCUT2D eigenvalue weighted by Gasteiger charge is 2.51. The molecule has 33 heteroatoms. The smallest absolute Gasteiger partial charge is 0.394 e. The Balaban J connectivity index is 1.44. The van der Waals surface area contributed by atoms with Crippen LogP contribution in [0.4, 0.5) is 0 Å². The summed E-state index contributed by atoms with van der Waals surface area (Å²) in [7, 11) is -10.6. The number of rotatable bonds is 29. The Hall–Kier alpha value is -0.700. The minimum Gasteiger partial charge on any atom is -0.394 e. The van der Waals surface area contributed by atoms with Gasteiger partial charge in [0, 0.05) is 0 Å². The first kappa shape index (κ1) is 56.6. The zero-order valence-corrected chi connectivity index (χ0v) is 34.6. The van der Waals surface area contributed by atoms with Crippen LogP contribution in [0.2, 0.25) is 0 Å². The van der Waals surface area contributed by atoms with E-state index in [0.29, 0.717) is 0 Å². The van der Waals surface area contributed by atoms with Gasteiger partial charge in [-0.15, -0.1) is 0 Å². The van der Waals surface area contributed by atoms with Crippen LogP contribution in [-0.2, 0) is 55.6 Å². The standard InChI is InChI=1S/C30H58O31P2/c31-1-10(35)19(41)11(36)5-53-29-24(46)26(17(3-33)58-29)60-63(50,51)56-9-15(40)21(43)13(38)7-54-30-25(47)27(18(4-34)59-30)61-62(48,49)55-8-14(39)20(42)12(37)6-52-28-23(45)22(44)16(2-32)57-28/h10-47H,1-9H2,(H,48,49)(H,50,51)/t10-,11+,12+,13+,14-,15-,16-,17-,18-,19-,20+,21+,22-,23-,24-,25-,26-,27-,28-,29-,30-/m1/s1. The summed E-state index contributed by atoms with van der Waals surface area (Å²) in [6, 6.07) is 0. The molecule has 0 radical (unpaired) electrons. The summed E-state index contributed by atoms with van der Waals surface area (Å²) in [6.07, 6.45) is -38.7. The first-order valence-electron chi connectivity index (χ1n) is 18.8. The summed E-state index contributed by atoms with van der Waals surface area (Å²) in [5.74, 6) is 0. The van der Waals surface area contributed by atoms with Gasteiger partial charge in [0.15, 0.2) is 18.9 Å². The molecule has 0 aromatic carbocycles. The summed E-state index contributed by atoms with van der Waals surface area (Å²) in [4.78, 5) is 20.4. The average molecular weight is 977 g/mol. The number of aliphatic hydroxyl groups excluding tert-OH is 17. The van der Waals surface area contributed by atoms with Crippen molar-refractivity contribution in [1.82, 2.24) is 0 Å². The fraction of sp³-hybridized carbons (Fsp3) is 1.00. The third-order valence-electron chi connectivity index (χ3n) is 9.61. The molecule has 3 fully saturated rings. The topological polar surface area (TPSA) is 511 Å². The number of hydrogen-bond acceptors (Lipinski definition) is 29. The number of phosphoric ester groups is 2. The van der Waals surface area contributed by atoms with Crippen molar-refractivity contribution in [2.75, 3.05) is 59.5 Å².